The highest BCUT2D eigenvalue weighted by Crippen LogP contribution is 2.33. The molecule has 1 saturated heterocycles. The van der Waals surface area contributed by atoms with E-state index in [0.29, 0.717) is 12.1 Å². The van der Waals surface area contributed by atoms with Crippen LogP contribution in [0.5, 0.6) is 0 Å². The minimum Gasteiger partial charge on any atom is -0.381 e. The fourth-order valence-electron chi connectivity index (χ4n) is 4.62. The Kier molecular flexibility index (Phi) is 6.04. The van der Waals surface area contributed by atoms with Crippen LogP contribution in [0.2, 0.25) is 0 Å². The fraction of sp³-hybridized carbons (Fsp3) is 0.714. The van der Waals surface area contributed by atoms with Gasteiger partial charge < -0.3 is 15.0 Å². The van der Waals surface area contributed by atoms with E-state index < -0.39 is 0 Å². The van der Waals surface area contributed by atoms with Gasteiger partial charge in [0.15, 0.2) is 0 Å². The standard InChI is InChI=1S/C21H32N4O2S/c1-14-18-12-19(28-21(18)25(23-14)17-8-10-27-11-9-17)20(26)22-16-6-4-15(5-7-16)13-24(2)3/h12,15-17H,4-11,13H2,1-3H3,(H,22,26). The van der Waals surface area contributed by atoms with Crippen molar-refractivity contribution in [2.45, 2.75) is 57.5 Å². The summed E-state index contributed by atoms with van der Waals surface area (Å²) < 4.78 is 7.63. The molecular weight excluding hydrogens is 372 g/mol. The molecule has 1 N–H and O–H groups in total. The first-order valence-electron chi connectivity index (χ1n) is 10.5. The van der Waals surface area contributed by atoms with Crippen molar-refractivity contribution in [3.63, 3.8) is 0 Å². The Morgan fingerprint density at radius 2 is 1.96 bits per heavy atom. The van der Waals surface area contributed by atoms with Crippen molar-refractivity contribution in [2.75, 3.05) is 33.9 Å². The van der Waals surface area contributed by atoms with Gasteiger partial charge in [0.25, 0.3) is 5.91 Å². The second kappa shape index (κ2) is 8.51. The fourth-order valence-corrected chi connectivity index (χ4v) is 5.76. The van der Waals surface area contributed by atoms with Crippen LogP contribution < -0.4 is 5.32 Å². The lowest BCUT2D eigenvalue weighted by Crippen LogP contribution is -2.38. The quantitative estimate of drug-likeness (QED) is 0.827. The zero-order valence-electron chi connectivity index (χ0n) is 17.2. The van der Waals surface area contributed by atoms with Gasteiger partial charge in [-0.2, -0.15) is 5.10 Å². The molecule has 3 heterocycles. The first-order valence-corrected chi connectivity index (χ1v) is 11.3. The van der Waals surface area contributed by atoms with Crippen LogP contribution in [0.15, 0.2) is 6.07 Å². The zero-order valence-corrected chi connectivity index (χ0v) is 18.1. The highest BCUT2D eigenvalue weighted by molar-refractivity contribution is 7.20. The van der Waals surface area contributed by atoms with Crippen LogP contribution in [0, 0.1) is 12.8 Å². The monoisotopic (exact) mass is 404 g/mol. The van der Waals surface area contributed by atoms with Gasteiger partial charge in [0, 0.05) is 31.2 Å². The average molecular weight is 405 g/mol. The zero-order chi connectivity index (χ0) is 19.7. The number of amides is 1. The van der Waals surface area contributed by atoms with Crippen LogP contribution in [-0.4, -0.2) is 60.5 Å². The minimum absolute atomic E-state index is 0.0789. The van der Waals surface area contributed by atoms with Crippen LogP contribution in [0.4, 0.5) is 0 Å². The molecule has 1 amide bonds. The van der Waals surface area contributed by atoms with E-state index >= 15 is 0 Å². The number of carbonyl (C=O) groups excluding carboxylic acids is 1. The number of hydrogen-bond donors (Lipinski definition) is 1. The maximum atomic E-state index is 12.9. The van der Waals surface area contributed by atoms with Gasteiger partial charge in [-0.05, 0) is 71.5 Å². The van der Waals surface area contributed by atoms with Crippen LogP contribution in [0.1, 0.15) is 59.9 Å². The molecule has 2 aromatic rings. The molecule has 1 aliphatic heterocycles. The molecule has 28 heavy (non-hydrogen) atoms. The Labute approximate surface area is 171 Å². The van der Waals surface area contributed by atoms with E-state index in [2.05, 4.69) is 29.0 Å². The molecule has 0 unspecified atom stereocenters. The highest BCUT2D eigenvalue weighted by Gasteiger charge is 2.26. The van der Waals surface area contributed by atoms with E-state index in [9.17, 15) is 4.79 Å². The van der Waals surface area contributed by atoms with Crippen molar-refractivity contribution < 1.29 is 9.53 Å². The van der Waals surface area contributed by atoms with Crippen molar-refractivity contribution >= 4 is 27.5 Å². The van der Waals surface area contributed by atoms with E-state index in [1.165, 1.54) is 12.8 Å². The number of ether oxygens (including phenoxy) is 1. The number of carbonyl (C=O) groups is 1. The summed E-state index contributed by atoms with van der Waals surface area (Å²) in [6.45, 7) is 4.78. The van der Waals surface area contributed by atoms with E-state index in [0.717, 1.165) is 72.1 Å². The van der Waals surface area contributed by atoms with Crippen LogP contribution in [-0.2, 0) is 4.74 Å². The molecular formula is C21H32N4O2S. The Morgan fingerprint density at radius 3 is 2.64 bits per heavy atom. The molecule has 1 saturated carbocycles. The van der Waals surface area contributed by atoms with Crippen molar-refractivity contribution in [1.29, 1.82) is 0 Å². The maximum Gasteiger partial charge on any atom is 0.261 e. The average Bonchev–Trinajstić information content (AvgIpc) is 3.24. The number of aryl methyl sites for hydroxylation is 1. The normalized spacial score (nSPS) is 24.1. The molecule has 0 atom stereocenters. The van der Waals surface area contributed by atoms with Crippen molar-refractivity contribution in [3.05, 3.63) is 16.6 Å². The van der Waals surface area contributed by atoms with Gasteiger partial charge in [0.05, 0.1) is 16.6 Å². The number of thiophene rings is 1. The van der Waals surface area contributed by atoms with Crippen LogP contribution in [0.3, 0.4) is 0 Å². The summed E-state index contributed by atoms with van der Waals surface area (Å²) in [4.78, 5) is 17.1. The summed E-state index contributed by atoms with van der Waals surface area (Å²) in [6.07, 6.45) is 6.56. The summed E-state index contributed by atoms with van der Waals surface area (Å²) in [5.74, 6) is 0.843. The first kappa shape index (κ1) is 19.9. The van der Waals surface area contributed by atoms with E-state index in [1.807, 2.05) is 13.0 Å². The number of rotatable bonds is 5. The van der Waals surface area contributed by atoms with Gasteiger partial charge in [-0.25, -0.2) is 0 Å². The van der Waals surface area contributed by atoms with Crippen LogP contribution in [0.25, 0.3) is 10.2 Å². The van der Waals surface area contributed by atoms with Gasteiger partial charge in [-0.3, -0.25) is 9.48 Å². The Balaban J connectivity index is 1.42. The minimum atomic E-state index is 0.0789. The van der Waals surface area contributed by atoms with Gasteiger partial charge in [0.2, 0.25) is 0 Å². The molecule has 2 fully saturated rings. The van der Waals surface area contributed by atoms with Gasteiger partial charge in [0.1, 0.15) is 4.83 Å². The third kappa shape index (κ3) is 4.26. The summed E-state index contributed by atoms with van der Waals surface area (Å²) in [5.41, 5.74) is 1.01. The van der Waals surface area contributed by atoms with E-state index in [-0.39, 0.29) is 5.91 Å². The number of nitrogens with one attached hydrogen (secondary N) is 1. The van der Waals surface area contributed by atoms with E-state index in [1.54, 1.807) is 11.3 Å². The van der Waals surface area contributed by atoms with Crippen molar-refractivity contribution in [1.82, 2.24) is 20.0 Å². The number of nitrogens with zero attached hydrogens (tertiary/aromatic N) is 3. The lowest BCUT2D eigenvalue weighted by molar-refractivity contribution is 0.0675. The van der Waals surface area contributed by atoms with Gasteiger partial charge in [-0.1, -0.05) is 0 Å². The number of fused-ring (bicyclic) bond motifs is 1. The largest absolute Gasteiger partial charge is 0.381 e. The van der Waals surface area contributed by atoms with Crippen molar-refractivity contribution in [2.24, 2.45) is 5.92 Å². The molecule has 154 valence electrons. The Hall–Kier alpha value is -1.44. The molecule has 7 heteroatoms. The molecule has 0 bridgehead atoms. The molecule has 2 aromatic heterocycles. The third-order valence-electron chi connectivity index (χ3n) is 6.13. The van der Waals surface area contributed by atoms with Crippen LogP contribution >= 0.6 is 11.3 Å². The maximum absolute atomic E-state index is 12.9. The molecule has 0 radical (unpaired) electrons. The summed E-state index contributed by atoms with van der Waals surface area (Å²) in [6, 6.07) is 2.72. The lowest BCUT2D eigenvalue weighted by Gasteiger charge is -2.30. The molecule has 2 aliphatic rings. The third-order valence-corrected chi connectivity index (χ3v) is 7.26. The predicted molar refractivity (Wildman–Crippen MR) is 113 cm³/mol. The topological polar surface area (TPSA) is 59.4 Å². The lowest BCUT2D eigenvalue weighted by atomic mass is 9.86. The second-order valence-corrected chi connectivity index (χ2v) is 9.69. The van der Waals surface area contributed by atoms with Gasteiger partial charge >= 0.3 is 0 Å². The molecule has 0 aromatic carbocycles. The Morgan fingerprint density at radius 1 is 1.25 bits per heavy atom. The molecule has 4 rings (SSSR count). The smallest absolute Gasteiger partial charge is 0.261 e. The Bertz CT molecular complexity index is 814. The SMILES string of the molecule is Cc1nn(C2CCOCC2)c2sc(C(=O)NC3CCC(CN(C)C)CC3)cc12. The van der Waals surface area contributed by atoms with Gasteiger partial charge in [-0.15, -0.1) is 11.3 Å². The van der Waals surface area contributed by atoms with E-state index in [4.69, 9.17) is 9.84 Å². The second-order valence-electron chi connectivity index (χ2n) is 8.66. The molecule has 1 aliphatic carbocycles. The summed E-state index contributed by atoms with van der Waals surface area (Å²) in [7, 11) is 4.28. The molecule has 0 spiro atoms. The summed E-state index contributed by atoms with van der Waals surface area (Å²) >= 11 is 1.58. The summed E-state index contributed by atoms with van der Waals surface area (Å²) in [5, 5.41) is 9.17. The number of aromatic nitrogens is 2. The highest BCUT2D eigenvalue weighted by atomic mass is 32.1. The van der Waals surface area contributed by atoms with Crippen molar-refractivity contribution in [3.8, 4) is 0 Å². The molecule has 6 nitrogen and oxygen atoms in total. The predicted octanol–water partition coefficient (Wildman–Crippen LogP) is 3.61. The number of hydrogen-bond acceptors (Lipinski definition) is 5. The first-order chi connectivity index (χ1) is 13.5.